The van der Waals surface area contributed by atoms with E-state index in [-0.39, 0.29) is 0 Å². The highest BCUT2D eigenvalue weighted by atomic mass is 35.5. The van der Waals surface area contributed by atoms with Gasteiger partial charge in [0.05, 0.1) is 5.69 Å². The van der Waals surface area contributed by atoms with Crippen molar-refractivity contribution in [3.8, 4) is 0 Å². The van der Waals surface area contributed by atoms with Gasteiger partial charge in [-0.2, -0.15) is 0 Å². The Morgan fingerprint density at radius 2 is 2.42 bits per heavy atom. The second kappa shape index (κ2) is 2.73. The molecule has 2 N–H and O–H groups in total. The van der Waals surface area contributed by atoms with E-state index in [4.69, 9.17) is 17.3 Å². The number of aromatic nitrogens is 3. The molecule has 2 heterocycles. The van der Waals surface area contributed by atoms with E-state index in [2.05, 4.69) is 9.97 Å². The van der Waals surface area contributed by atoms with Gasteiger partial charge in [-0.15, -0.1) is 0 Å². The fourth-order valence-corrected chi connectivity index (χ4v) is 1.19. The first-order chi connectivity index (χ1) is 5.81. The molecule has 0 aliphatic carbocycles. The average molecular weight is 183 g/mol. The summed E-state index contributed by atoms with van der Waals surface area (Å²) in [4.78, 5) is 8.16. The quantitative estimate of drug-likeness (QED) is 0.665. The van der Waals surface area contributed by atoms with Crippen molar-refractivity contribution < 1.29 is 0 Å². The number of nitrogens with two attached hydrogens (primary N) is 1. The molecular formula is C7H7ClN4. The van der Waals surface area contributed by atoms with Crippen LogP contribution in [0.15, 0.2) is 18.5 Å². The molecule has 2 aromatic rings. The Morgan fingerprint density at radius 3 is 3.08 bits per heavy atom. The fraction of sp³-hybridized carbons (Fsp3) is 0.143. The first-order valence-corrected chi connectivity index (χ1v) is 3.87. The maximum absolute atomic E-state index is 5.87. The van der Waals surface area contributed by atoms with Gasteiger partial charge in [-0.3, -0.25) is 4.40 Å². The summed E-state index contributed by atoms with van der Waals surface area (Å²) in [5.41, 5.74) is 6.20. The molecular weight excluding hydrogens is 176 g/mol. The van der Waals surface area contributed by atoms with Crippen molar-refractivity contribution in [2.24, 2.45) is 5.73 Å². The van der Waals surface area contributed by atoms with Gasteiger partial charge < -0.3 is 5.73 Å². The predicted molar refractivity (Wildman–Crippen MR) is 45.9 cm³/mol. The molecule has 0 atom stereocenters. The fourth-order valence-electron chi connectivity index (χ4n) is 1.01. The van der Waals surface area contributed by atoms with Crippen LogP contribution in [0.25, 0.3) is 5.78 Å². The van der Waals surface area contributed by atoms with E-state index in [1.165, 1.54) is 0 Å². The van der Waals surface area contributed by atoms with E-state index in [1.54, 1.807) is 22.9 Å². The molecule has 5 heteroatoms. The zero-order chi connectivity index (χ0) is 8.55. The summed E-state index contributed by atoms with van der Waals surface area (Å²) in [5, 5.41) is 0.590. The molecule has 0 saturated heterocycles. The lowest BCUT2D eigenvalue weighted by molar-refractivity contribution is 1.01. The van der Waals surface area contributed by atoms with Gasteiger partial charge in [0.1, 0.15) is 5.15 Å². The Kier molecular flexibility index (Phi) is 1.71. The summed E-state index contributed by atoms with van der Waals surface area (Å²) in [5.74, 6) is 0.586. The zero-order valence-corrected chi connectivity index (χ0v) is 6.99. The lowest BCUT2D eigenvalue weighted by Gasteiger charge is -1.92. The zero-order valence-electron chi connectivity index (χ0n) is 6.24. The minimum atomic E-state index is 0.402. The summed E-state index contributed by atoms with van der Waals surface area (Å²) in [6.07, 6.45) is 3.40. The number of hydrogen-bond acceptors (Lipinski definition) is 3. The highest BCUT2D eigenvalue weighted by Gasteiger charge is 2.02. The summed E-state index contributed by atoms with van der Waals surface area (Å²) in [6.45, 7) is 0.402. The van der Waals surface area contributed by atoms with Crippen molar-refractivity contribution in [1.82, 2.24) is 14.4 Å². The predicted octanol–water partition coefficient (Wildman–Crippen LogP) is 0.841. The summed E-state index contributed by atoms with van der Waals surface area (Å²) in [6, 6.07) is 1.70. The van der Waals surface area contributed by atoms with E-state index in [9.17, 15) is 0 Å². The summed E-state index contributed by atoms with van der Waals surface area (Å²) in [7, 11) is 0. The van der Waals surface area contributed by atoms with E-state index in [1.807, 2.05) is 0 Å². The monoisotopic (exact) mass is 182 g/mol. The smallest absolute Gasteiger partial charge is 0.235 e. The summed E-state index contributed by atoms with van der Waals surface area (Å²) < 4.78 is 1.70. The van der Waals surface area contributed by atoms with E-state index >= 15 is 0 Å². The van der Waals surface area contributed by atoms with Gasteiger partial charge in [-0.1, -0.05) is 11.6 Å². The molecule has 0 saturated carbocycles. The molecule has 0 aromatic carbocycles. The maximum Gasteiger partial charge on any atom is 0.235 e. The number of hydrogen-bond donors (Lipinski definition) is 1. The largest absolute Gasteiger partial charge is 0.325 e. The SMILES string of the molecule is NCc1cn2c(Cl)ccnc2n1. The van der Waals surface area contributed by atoms with Crippen LogP contribution >= 0.6 is 11.6 Å². The van der Waals surface area contributed by atoms with Crippen LogP contribution in [0.4, 0.5) is 0 Å². The first-order valence-electron chi connectivity index (χ1n) is 3.50. The van der Waals surface area contributed by atoms with Crippen molar-refractivity contribution in [3.05, 3.63) is 29.3 Å². The molecule has 0 bridgehead atoms. The van der Waals surface area contributed by atoms with Crippen LogP contribution in [-0.2, 0) is 6.54 Å². The average Bonchev–Trinajstić information content (AvgIpc) is 2.49. The van der Waals surface area contributed by atoms with Crippen LogP contribution in [-0.4, -0.2) is 14.4 Å². The molecule has 0 radical (unpaired) electrons. The Bertz CT molecular complexity index is 409. The first kappa shape index (κ1) is 7.52. The second-order valence-electron chi connectivity index (χ2n) is 2.37. The molecule has 0 spiro atoms. The van der Waals surface area contributed by atoms with E-state index < -0.39 is 0 Å². The van der Waals surface area contributed by atoms with Crippen LogP contribution in [0.3, 0.4) is 0 Å². The molecule has 0 aliphatic rings. The molecule has 2 rings (SSSR count). The second-order valence-corrected chi connectivity index (χ2v) is 2.76. The lowest BCUT2D eigenvalue weighted by atomic mass is 10.5. The Balaban J connectivity index is 2.74. The van der Waals surface area contributed by atoms with Crippen LogP contribution in [0, 0.1) is 0 Å². The number of nitrogens with zero attached hydrogens (tertiary/aromatic N) is 3. The van der Waals surface area contributed by atoms with Crippen molar-refractivity contribution in [3.63, 3.8) is 0 Å². The van der Waals surface area contributed by atoms with E-state index in [0.29, 0.717) is 17.5 Å². The van der Waals surface area contributed by atoms with Gasteiger partial charge in [0.15, 0.2) is 0 Å². The topological polar surface area (TPSA) is 56.2 Å². The van der Waals surface area contributed by atoms with Crippen molar-refractivity contribution in [1.29, 1.82) is 0 Å². The Hall–Kier alpha value is -1.13. The highest BCUT2D eigenvalue weighted by molar-refractivity contribution is 6.29. The molecule has 12 heavy (non-hydrogen) atoms. The van der Waals surface area contributed by atoms with Crippen molar-refractivity contribution in [2.75, 3.05) is 0 Å². The van der Waals surface area contributed by atoms with Gasteiger partial charge in [0, 0.05) is 18.9 Å². The minimum Gasteiger partial charge on any atom is -0.325 e. The molecule has 0 unspecified atom stereocenters. The van der Waals surface area contributed by atoms with E-state index in [0.717, 1.165) is 5.69 Å². The molecule has 2 aromatic heterocycles. The number of rotatable bonds is 1. The third kappa shape index (κ3) is 1.05. The molecule has 0 amide bonds. The van der Waals surface area contributed by atoms with Gasteiger partial charge in [-0.05, 0) is 6.07 Å². The van der Waals surface area contributed by atoms with Gasteiger partial charge in [-0.25, -0.2) is 9.97 Å². The number of imidazole rings is 1. The highest BCUT2D eigenvalue weighted by Crippen LogP contribution is 2.10. The lowest BCUT2D eigenvalue weighted by Crippen LogP contribution is -1.95. The van der Waals surface area contributed by atoms with Crippen LogP contribution < -0.4 is 5.73 Å². The Labute approximate surface area is 74.0 Å². The third-order valence-electron chi connectivity index (χ3n) is 1.58. The Morgan fingerprint density at radius 1 is 1.58 bits per heavy atom. The van der Waals surface area contributed by atoms with Crippen molar-refractivity contribution in [2.45, 2.75) is 6.54 Å². The molecule has 4 nitrogen and oxygen atoms in total. The normalized spacial score (nSPS) is 10.8. The van der Waals surface area contributed by atoms with Gasteiger partial charge >= 0.3 is 0 Å². The van der Waals surface area contributed by atoms with Crippen LogP contribution in [0.1, 0.15) is 5.69 Å². The van der Waals surface area contributed by atoms with Crippen LogP contribution in [0.2, 0.25) is 5.15 Å². The number of fused-ring (bicyclic) bond motifs is 1. The van der Waals surface area contributed by atoms with Crippen LogP contribution in [0.5, 0.6) is 0 Å². The summed E-state index contributed by atoms with van der Waals surface area (Å²) >= 11 is 5.87. The minimum absolute atomic E-state index is 0.402. The molecule has 62 valence electrons. The third-order valence-corrected chi connectivity index (χ3v) is 1.89. The maximum atomic E-state index is 5.87. The molecule has 0 fully saturated rings. The van der Waals surface area contributed by atoms with Gasteiger partial charge in [0.2, 0.25) is 5.78 Å². The standard InChI is InChI=1S/C7H7ClN4/c8-6-1-2-10-7-11-5(3-9)4-12(6)7/h1-2,4H,3,9H2. The number of halogens is 1. The van der Waals surface area contributed by atoms with Gasteiger partial charge in [0.25, 0.3) is 0 Å². The molecule has 0 aliphatic heterocycles. The van der Waals surface area contributed by atoms with Crippen molar-refractivity contribution >= 4 is 17.4 Å².